The molecule has 9 aromatic heterocycles. The lowest BCUT2D eigenvalue weighted by atomic mass is 10.0. The first-order valence-corrected chi connectivity index (χ1v) is 51.4. The molecule has 0 spiro atoms. The second kappa shape index (κ2) is 48.9. The van der Waals surface area contributed by atoms with Gasteiger partial charge in [-0.1, -0.05) is 132 Å². The Morgan fingerprint density at radius 1 is 0.389 bits per heavy atom. The third-order valence-electron chi connectivity index (χ3n) is 21.4. The van der Waals surface area contributed by atoms with Crippen LogP contribution in [0.15, 0.2) is 228 Å². The van der Waals surface area contributed by atoms with Crippen molar-refractivity contribution < 1.29 is 116 Å². The zero-order valence-corrected chi connectivity index (χ0v) is 82.3. The molecule has 4 unspecified atom stereocenters. The van der Waals surface area contributed by atoms with Gasteiger partial charge in [0.15, 0.2) is 79.2 Å². The van der Waals surface area contributed by atoms with E-state index in [0.29, 0.717) is 45.6 Å². The van der Waals surface area contributed by atoms with Crippen LogP contribution < -0.4 is 51.0 Å². The Hall–Kier alpha value is -13.9. The van der Waals surface area contributed by atoms with Gasteiger partial charge in [-0.15, -0.1) is 0 Å². The maximum atomic E-state index is 13.7. The summed E-state index contributed by atoms with van der Waals surface area (Å²) in [6.07, 6.45) is 9.61. The lowest BCUT2D eigenvalue weighted by molar-refractivity contribution is 0.114. The lowest BCUT2D eigenvalue weighted by Crippen LogP contribution is -2.13. The molecule has 0 radical (unpaired) electrons. The number of ether oxygens (including phenoxy) is 10. The Morgan fingerprint density at radius 2 is 0.694 bits per heavy atom. The van der Waals surface area contributed by atoms with Crippen LogP contribution in [0, 0.1) is 27.7 Å². The summed E-state index contributed by atoms with van der Waals surface area (Å²) in [4.78, 5) is 102. The van der Waals surface area contributed by atoms with Crippen molar-refractivity contribution in [3.8, 4) is 0 Å². The number of nitrogen functional groups attached to an aromatic ring is 4. The molecule has 144 heavy (non-hydrogen) atoms. The maximum absolute atomic E-state index is 13.7. The quantitative estimate of drug-likeness (QED) is 0.0126. The van der Waals surface area contributed by atoms with E-state index in [-0.39, 0.29) is 218 Å². The third kappa shape index (κ3) is 29.7. The van der Waals surface area contributed by atoms with Crippen molar-refractivity contribution in [2.45, 2.75) is 125 Å². The second-order valence-corrected chi connectivity index (χ2v) is 40.5. The van der Waals surface area contributed by atoms with E-state index >= 15 is 0 Å². The van der Waals surface area contributed by atoms with E-state index in [1.165, 1.54) is 31.6 Å². The first-order valence-electron chi connectivity index (χ1n) is 44.4. The number of aliphatic hydroxyl groups is 1. The molecule has 12 heterocycles. The Kier molecular flexibility index (Phi) is 36.0. The summed E-state index contributed by atoms with van der Waals surface area (Å²) in [6, 6.07) is 30.4. The van der Waals surface area contributed by atoms with Crippen LogP contribution in [0.3, 0.4) is 0 Å². The summed E-state index contributed by atoms with van der Waals surface area (Å²) >= 11 is 0. The minimum Gasteiger partial charge on any atom is -0.431 e. The van der Waals surface area contributed by atoms with Crippen LogP contribution >= 0.6 is 30.4 Å². The average Bonchev–Trinajstić information content (AvgIpc) is 1.67. The average molecular weight is 2070 g/mol. The molecule has 1 saturated carbocycles. The number of nitrogens with zero attached hydrogens (tertiary/aromatic N) is 12. The van der Waals surface area contributed by atoms with Crippen molar-refractivity contribution >= 4 is 98.8 Å². The summed E-state index contributed by atoms with van der Waals surface area (Å²) in [5, 5.41) is 9.41. The van der Waals surface area contributed by atoms with Crippen LogP contribution in [0.25, 0.3) is 44.7 Å². The molecular weight excluding hydrogens is 1960 g/mol. The molecular formula is C90H106N20O30P4. The molecule has 13 N–H and O–H groups in total. The molecule has 3 aliphatic heterocycles. The highest BCUT2D eigenvalue weighted by molar-refractivity contribution is 7.54. The van der Waals surface area contributed by atoms with Crippen molar-refractivity contribution in [2.24, 2.45) is 0 Å². The number of rotatable bonds is 46. The van der Waals surface area contributed by atoms with E-state index in [9.17, 15) is 47.3 Å². The molecule has 1 aliphatic carbocycles. The number of H-pyrrole nitrogens is 4. The summed E-state index contributed by atoms with van der Waals surface area (Å²) in [7, 11) is -15.0. The van der Waals surface area contributed by atoms with Gasteiger partial charge in [0, 0.05) is 32.1 Å². The van der Waals surface area contributed by atoms with Crippen molar-refractivity contribution in [3.63, 3.8) is 0 Å². The predicted octanol–water partition coefficient (Wildman–Crippen LogP) is 11.9. The number of nitrogens with one attached hydrogen (secondary N) is 4. The fraction of sp³-hybridized carbons (Fsp3) is 0.344. The Balaban J connectivity index is 0.000000152. The van der Waals surface area contributed by atoms with Gasteiger partial charge in [0.05, 0.1) is 78.2 Å². The number of nitrogens with two attached hydrogens (primary N) is 4. The number of benzene rings is 4. The summed E-state index contributed by atoms with van der Waals surface area (Å²) < 4.78 is 170. The Bertz CT molecular complexity index is 7360. The van der Waals surface area contributed by atoms with Crippen molar-refractivity contribution in [1.29, 1.82) is 0 Å². The van der Waals surface area contributed by atoms with Crippen molar-refractivity contribution in [1.82, 2.24) is 78.1 Å². The molecule has 766 valence electrons. The zero-order chi connectivity index (χ0) is 102. The molecule has 54 heteroatoms. The maximum Gasteiger partial charge on any atom is 0.519 e. The van der Waals surface area contributed by atoms with Crippen LogP contribution in [0.2, 0.25) is 0 Å². The molecule has 13 aromatic rings. The first kappa shape index (κ1) is 106. The van der Waals surface area contributed by atoms with Crippen LogP contribution in [0.4, 0.5) is 23.8 Å². The van der Waals surface area contributed by atoms with Crippen molar-refractivity contribution in [2.75, 3.05) is 101 Å². The monoisotopic (exact) mass is 2070 g/mol. The summed E-state index contributed by atoms with van der Waals surface area (Å²) in [6.45, 7) is 20.6. The number of anilines is 4. The number of imidazole rings is 4. The van der Waals surface area contributed by atoms with E-state index < -0.39 is 65.0 Å². The minimum absolute atomic E-state index is 0.0158. The van der Waals surface area contributed by atoms with E-state index in [4.69, 9.17) is 115 Å². The third-order valence-corrected chi connectivity index (χ3v) is 27.6. The van der Waals surface area contributed by atoms with E-state index in [1.54, 1.807) is 25.2 Å². The first-order chi connectivity index (χ1) is 69.1. The van der Waals surface area contributed by atoms with Gasteiger partial charge >= 0.3 is 36.2 Å². The SMILES string of the molecule is C=C1OC(C)=C(COP(=O)(COCCn2cnc3c(=O)[nH]c(N)nc32)OCc2ccc(C)cc2)O1.C=C1OC(CO)=C(COP(=O)(COCCn2cnc3c(=O)[nH]c(N)nc32)OCc2ccc(C)cc2)O1.C=C1OC=C(COP(=O)(COCCn2cnc3c(=O)[nH]c(N)nc32)OCc2ccc(C)cc2)O1.Cc1ccc(COP(=O)(COCCn2cnc3c(=O)[nH]c(N)nc32)OCc2oc(=O)oc2C2CCCC2)cc1. The lowest BCUT2D eigenvalue weighted by Gasteiger charge is -2.19. The fourth-order valence-corrected chi connectivity index (χ4v) is 18.9. The number of hydrogen-bond acceptors (Lipinski definition) is 42. The topological polar surface area (TPSA) is 656 Å². The molecule has 4 aliphatic rings. The van der Waals surface area contributed by atoms with Crippen LogP contribution in [-0.4, -0.2) is 161 Å². The molecule has 0 bridgehead atoms. The second-order valence-electron chi connectivity index (χ2n) is 32.5. The number of aromatic nitrogens is 16. The minimum atomic E-state index is -3.82. The number of hydrogen-bond donors (Lipinski definition) is 9. The van der Waals surface area contributed by atoms with Gasteiger partial charge in [-0.25, -0.2) is 24.7 Å². The molecule has 1 fully saturated rings. The van der Waals surface area contributed by atoms with E-state index in [1.807, 2.05) is 125 Å². The van der Waals surface area contributed by atoms with Gasteiger partial charge in [-0.3, -0.25) is 75.5 Å². The molecule has 17 rings (SSSR count). The van der Waals surface area contributed by atoms with E-state index in [2.05, 4.69) is 79.5 Å². The highest BCUT2D eigenvalue weighted by atomic mass is 31.2. The van der Waals surface area contributed by atoms with Gasteiger partial charge in [0.1, 0.15) is 70.4 Å². The fourth-order valence-electron chi connectivity index (χ4n) is 13.9. The van der Waals surface area contributed by atoms with Crippen molar-refractivity contribution in [3.05, 3.63) is 303 Å². The number of allylic oxidation sites excluding steroid dienone is 1. The number of aliphatic hydroxyl groups excluding tert-OH is 1. The molecule has 50 nitrogen and oxygen atoms in total. The summed E-state index contributed by atoms with van der Waals surface area (Å²) in [5.74, 6) is 1.39. The highest BCUT2D eigenvalue weighted by Gasteiger charge is 2.36. The van der Waals surface area contributed by atoms with Gasteiger partial charge in [-0.2, -0.15) is 19.9 Å². The molecule has 4 atom stereocenters. The molecule has 0 saturated heterocycles. The van der Waals surface area contributed by atoms with Gasteiger partial charge in [-0.05, 0) is 89.5 Å². The normalized spacial score (nSPS) is 15.3. The van der Waals surface area contributed by atoms with Gasteiger partial charge in [0.2, 0.25) is 23.8 Å². The Morgan fingerprint density at radius 3 is 1.01 bits per heavy atom. The number of aryl methyl sites for hydroxylation is 4. The van der Waals surface area contributed by atoms with E-state index in [0.717, 1.165) is 70.2 Å². The zero-order valence-electron chi connectivity index (χ0n) is 78.8. The smallest absolute Gasteiger partial charge is 0.431 e. The van der Waals surface area contributed by atoms with Crippen LogP contribution in [0.1, 0.15) is 94.6 Å². The predicted molar refractivity (Wildman–Crippen MR) is 518 cm³/mol. The molecule has 0 amide bonds. The summed E-state index contributed by atoms with van der Waals surface area (Å²) in [5.41, 5.74) is 30.3. The molecule has 4 aromatic carbocycles. The van der Waals surface area contributed by atoms with Crippen LogP contribution in [0.5, 0.6) is 0 Å². The largest absolute Gasteiger partial charge is 0.519 e. The van der Waals surface area contributed by atoms with Gasteiger partial charge < -0.3 is 121 Å². The standard InChI is InChI=1S/C25H30N5O8P.C22H26N5O8P.C22H26N5O7P.C21H24N5O7P/c1-16-6-8-17(9-7-16)12-35-39(33,36-13-19-21(38-25(32)37-19)18-4-2-3-5-18)15-34-11-10-30-14-27-20-22(30)28-24(26)29-23(20)31;1-14-3-5-16(6-4-14)10-32-36(30,33-11-18-17(9-28)34-15(2)35-18)13-31-8-7-27-12-24-19-20(27)25-22(23)26-21(19)29;1-14-4-6-17(7-5-14)10-31-35(29,32-11-18-15(2)33-16(3)34-18)13-30-9-8-27-12-24-19-20(27)25-22(23)26-21(19)28;1-14-3-5-16(6-4-14)9-31-34(28,32-11-17-10-30-15(2)33-17)13-29-8-7-26-12-23-18-19(26)24-21(22)25-20(18)27/h6-9,14,18H,2-5,10-13,15H2,1H3,(H3,26,28,29,31);3-6,12,28H,2,7-11,13H2,1H3,(H3,23,25,26,29);4-7,12H,3,8-11,13H2,1-2H3,(H3,23,25,26,28);3-6,10,12H,2,7-9,11,13H2,1H3,(H3,22,24,25,27). The number of aromatic amines is 4. The highest BCUT2D eigenvalue weighted by Crippen LogP contribution is 2.54. The van der Waals surface area contributed by atoms with Gasteiger partial charge in [0.25, 0.3) is 40.1 Å². The Labute approximate surface area is 818 Å². The number of fused-ring (bicyclic) bond motifs is 4. The van der Waals surface area contributed by atoms with Crippen LogP contribution in [-0.2, 0) is 161 Å².